The van der Waals surface area contributed by atoms with E-state index in [9.17, 15) is 0 Å². The summed E-state index contributed by atoms with van der Waals surface area (Å²) >= 11 is 1.88. The first-order valence-corrected chi connectivity index (χ1v) is 17.1. The number of aromatic nitrogens is 3. The molecule has 226 valence electrons. The molecular formula is C44H29N3S. The van der Waals surface area contributed by atoms with Crippen molar-refractivity contribution in [3.05, 3.63) is 163 Å². The average molecular weight is 632 g/mol. The molecule has 0 unspecified atom stereocenters. The Kier molecular flexibility index (Phi) is 5.96. The molecule has 0 aliphatic heterocycles. The number of rotatable bonds is 4. The fraction of sp³-hybridized carbons (Fsp3) is 0.0227. The highest BCUT2D eigenvalue weighted by molar-refractivity contribution is 7.26. The Morgan fingerprint density at radius 2 is 1.21 bits per heavy atom. The van der Waals surface area contributed by atoms with Crippen LogP contribution >= 0.6 is 11.3 Å². The van der Waals surface area contributed by atoms with Crippen LogP contribution in [0.2, 0.25) is 0 Å². The zero-order valence-corrected chi connectivity index (χ0v) is 27.1. The lowest BCUT2D eigenvalue weighted by Crippen LogP contribution is -1.99. The summed E-state index contributed by atoms with van der Waals surface area (Å²) in [7, 11) is 0. The number of fused-ring (bicyclic) bond motifs is 7. The van der Waals surface area contributed by atoms with Crippen molar-refractivity contribution >= 4 is 64.3 Å². The highest BCUT2D eigenvalue weighted by atomic mass is 32.1. The number of para-hydroxylation sites is 2. The Hall–Kier alpha value is -5.97. The molecule has 7 aromatic carbocycles. The second kappa shape index (κ2) is 10.5. The van der Waals surface area contributed by atoms with E-state index in [0.29, 0.717) is 0 Å². The molecule has 3 heterocycles. The normalized spacial score (nSPS) is 11.9. The molecule has 10 rings (SSSR count). The van der Waals surface area contributed by atoms with Gasteiger partial charge in [-0.2, -0.15) is 0 Å². The Bertz CT molecular complexity index is 2850. The predicted molar refractivity (Wildman–Crippen MR) is 204 cm³/mol. The standard InChI is InChI=1S/C44H29N3S/c1-28-21-23-41-38(25-28)45-44(47(41)31-12-3-2-4-13-31)30-11-9-14-32(26-30)46-39-19-7-5-15-34(39)37-27-29(22-24-40(37)46)33-17-10-18-36-35-16-6-8-20-42(35)48-43(33)36/h2-27H,1H3. The number of imidazole rings is 1. The molecule has 0 bridgehead atoms. The predicted octanol–water partition coefficient (Wildman–Crippen LogP) is 12.1. The summed E-state index contributed by atoms with van der Waals surface area (Å²) in [6, 6.07) is 57.0. The third-order valence-electron chi connectivity index (χ3n) is 9.57. The van der Waals surface area contributed by atoms with Crippen LogP contribution in [-0.4, -0.2) is 14.1 Å². The smallest absolute Gasteiger partial charge is 0.145 e. The molecule has 0 spiro atoms. The molecule has 0 N–H and O–H groups in total. The first-order valence-electron chi connectivity index (χ1n) is 16.3. The van der Waals surface area contributed by atoms with Gasteiger partial charge in [0, 0.05) is 47.9 Å². The minimum atomic E-state index is 0.933. The highest BCUT2D eigenvalue weighted by Gasteiger charge is 2.18. The van der Waals surface area contributed by atoms with Crippen LogP contribution in [0.3, 0.4) is 0 Å². The minimum absolute atomic E-state index is 0.933. The minimum Gasteiger partial charge on any atom is -0.309 e. The Morgan fingerprint density at radius 3 is 2.12 bits per heavy atom. The maximum atomic E-state index is 5.21. The molecule has 0 fully saturated rings. The highest BCUT2D eigenvalue weighted by Crippen LogP contribution is 2.42. The van der Waals surface area contributed by atoms with Gasteiger partial charge in [0.05, 0.1) is 22.1 Å². The number of hydrogen-bond donors (Lipinski definition) is 0. The Balaban J connectivity index is 1.17. The van der Waals surface area contributed by atoms with Gasteiger partial charge in [0.2, 0.25) is 0 Å². The summed E-state index contributed by atoms with van der Waals surface area (Å²) in [6.45, 7) is 2.12. The maximum Gasteiger partial charge on any atom is 0.145 e. The van der Waals surface area contributed by atoms with Gasteiger partial charge in [-0.3, -0.25) is 4.57 Å². The van der Waals surface area contributed by atoms with Crippen LogP contribution in [0.25, 0.3) is 86.9 Å². The van der Waals surface area contributed by atoms with E-state index in [-0.39, 0.29) is 0 Å². The summed E-state index contributed by atoms with van der Waals surface area (Å²) in [4.78, 5) is 5.21. The van der Waals surface area contributed by atoms with Crippen molar-refractivity contribution in [1.82, 2.24) is 14.1 Å². The van der Waals surface area contributed by atoms with Gasteiger partial charge in [-0.15, -0.1) is 11.3 Å². The molecule has 0 aliphatic rings. The SMILES string of the molecule is Cc1ccc2c(c1)nc(-c1cccc(-n3c4ccccc4c4cc(-c5cccc6c5sc5ccccc56)ccc43)c1)n2-c1ccccc1. The van der Waals surface area contributed by atoms with Crippen LogP contribution in [0.4, 0.5) is 0 Å². The summed E-state index contributed by atoms with van der Waals surface area (Å²) < 4.78 is 7.34. The van der Waals surface area contributed by atoms with Gasteiger partial charge in [-0.1, -0.05) is 97.1 Å². The summed E-state index contributed by atoms with van der Waals surface area (Å²) in [5, 5.41) is 5.14. The lowest BCUT2D eigenvalue weighted by Gasteiger charge is -2.12. The van der Waals surface area contributed by atoms with E-state index >= 15 is 0 Å². The number of hydrogen-bond acceptors (Lipinski definition) is 2. The van der Waals surface area contributed by atoms with E-state index in [1.54, 1.807) is 0 Å². The average Bonchev–Trinajstić information content (AvgIpc) is 3.81. The molecule has 0 aliphatic carbocycles. The number of aryl methyl sites for hydroxylation is 1. The molecule has 0 saturated heterocycles. The van der Waals surface area contributed by atoms with E-state index in [0.717, 1.165) is 33.8 Å². The quantitative estimate of drug-likeness (QED) is 0.189. The number of nitrogens with zero attached hydrogens (tertiary/aromatic N) is 3. The first kappa shape index (κ1) is 27.2. The van der Waals surface area contributed by atoms with Gasteiger partial charge in [-0.05, 0) is 84.3 Å². The van der Waals surface area contributed by atoms with Crippen molar-refractivity contribution in [2.75, 3.05) is 0 Å². The monoisotopic (exact) mass is 631 g/mol. The summed E-state index contributed by atoms with van der Waals surface area (Å²) in [5.74, 6) is 0.933. The molecule has 3 nitrogen and oxygen atoms in total. The van der Waals surface area contributed by atoms with Gasteiger partial charge in [0.1, 0.15) is 5.82 Å². The molecule has 10 aromatic rings. The second-order valence-electron chi connectivity index (χ2n) is 12.5. The van der Waals surface area contributed by atoms with Crippen molar-refractivity contribution < 1.29 is 0 Å². The molecule has 0 radical (unpaired) electrons. The van der Waals surface area contributed by atoms with Crippen LogP contribution in [0.15, 0.2) is 158 Å². The van der Waals surface area contributed by atoms with Crippen molar-refractivity contribution in [2.24, 2.45) is 0 Å². The summed E-state index contributed by atoms with van der Waals surface area (Å²) in [6.07, 6.45) is 0. The molecular weight excluding hydrogens is 603 g/mol. The third-order valence-corrected chi connectivity index (χ3v) is 10.8. The number of thiophene rings is 1. The Labute approximate surface area is 281 Å². The lowest BCUT2D eigenvalue weighted by atomic mass is 10.0. The molecule has 48 heavy (non-hydrogen) atoms. The van der Waals surface area contributed by atoms with Gasteiger partial charge < -0.3 is 4.57 Å². The van der Waals surface area contributed by atoms with Crippen molar-refractivity contribution in [3.63, 3.8) is 0 Å². The topological polar surface area (TPSA) is 22.8 Å². The molecule has 0 atom stereocenters. The van der Waals surface area contributed by atoms with Crippen LogP contribution < -0.4 is 0 Å². The molecule has 0 amide bonds. The van der Waals surface area contributed by atoms with E-state index in [1.807, 2.05) is 11.3 Å². The maximum absolute atomic E-state index is 5.21. The summed E-state index contributed by atoms with van der Waals surface area (Å²) in [5.41, 5.74) is 11.5. The zero-order chi connectivity index (χ0) is 31.8. The van der Waals surface area contributed by atoms with Crippen LogP contribution in [0, 0.1) is 6.92 Å². The van der Waals surface area contributed by atoms with E-state index < -0.39 is 0 Å². The second-order valence-corrected chi connectivity index (χ2v) is 13.6. The van der Waals surface area contributed by atoms with Crippen LogP contribution in [0.1, 0.15) is 5.56 Å². The van der Waals surface area contributed by atoms with Crippen LogP contribution in [-0.2, 0) is 0 Å². The third kappa shape index (κ3) is 4.09. The van der Waals surface area contributed by atoms with E-state index in [4.69, 9.17) is 4.98 Å². The zero-order valence-electron chi connectivity index (χ0n) is 26.3. The Morgan fingerprint density at radius 1 is 0.479 bits per heavy atom. The van der Waals surface area contributed by atoms with Crippen LogP contribution in [0.5, 0.6) is 0 Å². The fourth-order valence-corrected chi connectivity index (χ4v) is 8.64. The van der Waals surface area contributed by atoms with Gasteiger partial charge in [-0.25, -0.2) is 4.98 Å². The van der Waals surface area contributed by atoms with Crippen molar-refractivity contribution in [3.8, 4) is 33.9 Å². The van der Waals surface area contributed by atoms with Gasteiger partial charge >= 0.3 is 0 Å². The van der Waals surface area contributed by atoms with Crippen molar-refractivity contribution in [1.29, 1.82) is 0 Å². The first-order chi connectivity index (χ1) is 23.7. The molecule has 3 aromatic heterocycles. The van der Waals surface area contributed by atoms with Gasteiger partial charge in [0.15, 0.2) is 0 Å². The molecule has 4 heteroatoms. The van der Waals surface area contributed by atoms with Crippen molar-refractivity contribution in [2.45, 2.75) is 6.92 Å². The fourth-order valence-electron chi connectivity index (χ4n) is 7.40. The molecule has 0 saturated carbocycles. The van der Waals surface area contributed by atoms with E-state index in [2.05, 4.69) is 174 Å². The number of benzene rings is 7. The largest absolute Gasteiger partial charge is 0.309 e. The van der Waals surface area contributed by atoms with Gasteiger partial charge in [0.25, 0.3) is 0 Å². The lowest BCUT2D eigenvalue weighted by molar-refractivity contribution is 1.10. The van der Waals surface area contributed by atoms with E-state index in [1.165, 1.54) is 58.7 Å².